The van der Waals surface area contributed by atoms with Gasteiger partial charge < -0.3 is 20.3 Å². The Morgan fingerprint density at radius 2 is 2.18 bits per heavy atom. The summed E-state index contributed by atoms with van der Waals surface area (Å²) in [5.74, 6) is -0.459. The number of rotatable bonds is 6. The highest BCUT2D eigenvalue weighted by atomic mass is 16.5. The second kappa shape index (κ2) is 6.75. The quantitative estimate of drug-likeness (QED) is 0.394. The van der Waals surface area contributed by atoms with Crippen LogP contribution >= 0.6 is 0 Å². The topological polar surface area (TPSA) is 78.8 Å². The Morgan fingerprint density at radius 3 is 2.88 bits per heavy atom. The normalized spacial score (nSPS) is 10.2. The van der Waals surface area contributed by atoms with E-state index in [0.717, 1.165) is 0 Å². The van der Waals surface area contributed by atoms with Crippen molar-refractivity contribution in [2.75, 3.05) is 13.7 Å². The molecular formula is C12H17NO4. The maximum atomic E-state index is 10.8. The van der Waals surface area contributed by atoms with E-state index >= 15 is 0 Å². The van der Waals surface area contributed by atoms with Crippen LogP contribution in [-0.4, -0.2) is 29.8 Å². The number of para-hydroxylation sites is 1. The molecule has 1 aromatic carbocycles. The molecule has 0 aliphatic carbocycles. The third-order valence-electron chi connectivity index (χ3n) is 2.38. The SMILES string of the molecule is COC(=O)CCCNCc1cccc(O)c1O. The van der Waals surface area contributed by atoms with Gasteiger partial charge in [0.15, 0.2) is 11.5 Å². The molecule has 0 aliphatic heterocycles. The summed E-state index contributed by atoms with van der Waals surface area (Å²) in [6.07, 6.45) is 1.04. The Hall–Kier alpha value is -1.75. The van der Waals surface area contributed by atoms with Gasteiger partial charge in [-0.1, -0.05) is 12.1 Å². The van der Waals surface area contributed by atoms with Gasteiger partial charge in [0.25, 0.3) is 0 Å². The van der Waals surface area contributed by atoms with Gasteiger partial charge in [0.1, 0.15) is 0 Å². The molecule has 1 aromatic rings. The molecule has 0 spiro atoms. The van der Waals surface area contributed by atoms with Crippen LogP contribution in [0.4, 0.5) is 0 Å². The molecule has 5 heteroatoms. The molecular weight excluding hydrogens is 222 g/mol. The maximum Gasteiger partial charge on any atom is 0.305 e. The number of ether oxygens (including phenoxy) is 1. The van der Waals surface area contributed by atoms with E-state index in [2.05, 4.69) is 10.1 Å². The van der Waals surface area contributed by atoms with Gasteiger partial charge in [0.05, 0.1) is 7.11 Å². The summed E-state index contributed by atoms with van der Waals surface area (Å²) >= 11 is 0. The fraction of sp³-hybridized carbons (Fsp3) is 0.417. The van der Waals surface area contributed by atoms with Crippen molar-refractivity contribution in [2.45, 2.75) is 19.4 Å². The molecule has 17 heavy (non-hydrogen) atoms. The molecule has 0 radical (unpaired) electrons. The number of aromatic hydroxyl groups is 2. The van der Waals surface area contributed by atoms with Crippen molar-refractivity contribution in [3.8, 4) is 11.5 Å². The molecule has 3 N–H and O–H groups in total. The molecule has 0 atom stereocenters. The van der Waals surface area contributed by atoms with E-state index in [4.69, 9.17) is 0 Å². The lowest BCUT2D eigenvalue weighted by atomic mass is 10.2. The van der Waals surface area contributed by atoms with Crippen molar-refractivity contribution >= 4 is 5.97 Å². The van der Waals surface area contributed by atoms with Crippen LogP contribution in [0, 0.1) is 0 Å². The van der Waals surface area contributed by atoms with Crippen molar-refractivity contribution in [3.05, 3.63) is 23.8 Å². The smallest absolute Gasteiger partial charge is 0.305 e. The van der Waals surface area contributed by atoms with Crippen LogP contribution in [0.5, 0.6) is 11.5 Å². The summed E-state index contributed by atoms with van der Waals surface area (Å²) in [4.78, 5) is 10.8. The van der Waals surface area contributed by atoms with Gasteiger partial charge in [-0.05, 0) is 19.0 Å². The summed E-state index contributed by atoms with van der Waals surface area (Å²) in [6.45, 7) is 1.09. The molecule has 94 valence electrons. The van der Waals surface area contributed by atoms with E-state index < -0.39 is 0 Å². The lowest BCUT2D eigenvalue weighted by molar-refractivity contribution is -0.140. The van der Waals surface area contributed by atoms with Crippen molar-refractivity contribution in [1.29, 1.82) is 0 Å². The third-order valence-corrected chi connectivity index (χ3v) is 2.38. The van der Waals surface area contributed by atoms with Gasteiger partial charge in [-0.3, -0.25) is 4.79 Å². The first kappa shape index (κ1) is 13.3. The lowest BCUT2D eigenvalue weighted by Gasteiger charge is -2.07. The number of carbonyl (C=O) groups excluding carboxylic acids is 1. The van der Waals surface area contributed by atoms with E-state index in [1.165, 1.54) is 13.2 Å². The fourth-order valence-electron chi connectivity index (χ4n) is 1.40. The van der Waals surface area contributed by atoms with E-state index in [9.17, 15) is 15.0 Å². The lowest BCUT2D eigenvalue weighted by Crippen LogP contribution is -2.16. The average molecular weight is 239 g/mol. The molecule has 0 saturated heterocycles. The van der Waals surface area contributed by atoms with Crippen LogP contribution in [0.25, 0.3) is 0 Å². The van der Waals surface area contributed by atoms with Crippen LogP contribution in [0.1, 0.15) is 18.4 Å². The number of benzene rings is 1. The van der Waals surface area contributed by atoms with Crippen molar-refractivity contribution in [2.24, 2.45) is 0 Å². The first-order valence-electron chi connectivity index (χ1n) is 5.42. The predicted octanol–water partition coefficient (Wildman–Crippen LogP) is 1.14. The molecule has 0 amide bonds. The largest absolute Gasteiger partial charge is 0.504 e. The van der Waals surface area contributed by atoms with Crippen molar-refractivity contribution in [3.63, 3.8) is 0 Å². The highest BCUT2D eigenvalue weighted by Gasteiger charge is 2.05. The summed E-state index contributed by atoms with van der Waals surface area (Å²) in [6, 6.07) is 4.82. The monoisotopic (exact) mass is 239 g/mol. The summed E-state index contributed by atoms with van der Waals surface area (Å²) in [5.41, 5.74) is 0.628. The summed E-state index contributed by atoms with van der Waals surface area (Å²) in [7, 11) is 1.36. The molecule has 5 nitrogen and oxygen atoms in total. The Bertz CT molecular complexity index is 379. The third kappa shape index (κ3) is 4.32. The van der Waals surface area contributed by atoms with Gasteiger partial charge in [-0.2, -0.15) is 0 Å². The van der Waals surface area contributed by atoms with Crippen LogP contribution in [-0.2, 0) is 16.1 Å². The summed E-state index contributed by atoms with van der Waals surface area (Å²) < 4.78 is 4.51. The van der Waals surface area contributed by atoms with Crippen LogP contribution < -0.4 is 5.32 Å². The van der Waals surface area contributed by atoms with Gasteiger partial charge in [0, 0.05) is 18.5 Å². The van der Waals surface area contributed by atoms with Crippen LogP contribution in [0.15, 0.2) is 18.2 Å². The molecule has 0 bridgehead atoms. The molecule has 1 rings (SSSR count). The predicted molar refractivity (Wildman–Crippen MR) is 62.7 cm³/mol. The standard InChI is InChI=1S/C12H17NO4/c1-17-11(15)6-3-7-13-8-9-4-2-5-10(14)12(9)16/h2,4-5,13-14,16H,3,6-8H2,1H3. The van der Waals surface area contributed by atoms with E-state index in [1.54, 1.807) is 12.1 Å². The molecule has 0 fully saturated rings. The number of phenolic OH excluding ortho intramolecular Hbond substituents is 2. The average Bonchev–Trinajstić information content (AvgIpc) is 2.33. The zero-order valence-electron chi connectivity index (χ0n) is 9.77. The first-order chi connectivity index (χ1) is 8.15. The molecule has 0 aliphatic rings. The highest BCUT2D eigenvalue weighted by molar-refractivity contribution is 5.69. The number of esters is 1. The Balaban J connectivity index is 2.27. The Labute approximate surface area is 100 Å². The number of phenols is 2. The zero-order chi connectivity index (χ0) is 12.7. The van der Waals surface area contributed by atoms with Gasteiger partial charge in [-0.25, -0.2) is 0 Å². The van der Waals surface area contributed by atoms with E-state index in [1.807, 2.05) is 0 Å². The van der Waals surface area contributed by atoms with E-state index in [0.29, 0.717) is 31.5 Å². The first-order valence-corrected chi connectivity index (χ1v) is 5.42. The number of hydrogen-bond donors (Lipinski definition) is 3. The number of carbonyl (C=O) groups is 1. The fourth-order valence-corrected chi connectivity index (χ4v) is 1.40. The number of nitrogens with one attached hydrogen (secondary N) is 1. The van der Waals surface area contributed by atoms with Crippen LogP contribution in [0.2, 0.25) is 0 Å². The second-order valence-electron chi connectivity index (χ2n) is 3.64. The highest BCUT2D eigenvalue weighted by Crippen LogP contribution is 2.27. The second-order valence-corrected chi connectivity index (χ2v) is 3.64. The minimum absolute atomic E-state index is 0.104. The maximum absolute atomic E-state index is 10.8. The van der Waals surface area contributed by atoms with Crippen molar-refractivity contribution in [1.82, 2.24) is 5.32 Å². The molecule has 0 aromatic heterocycles. The summed E-state index contributed by atoms with van der Waals surface area (Å²) in [5, 5.41) is 21.9. The molecule has 0 unspecified atom stereocenters. The van der Waals surface area contributed by atoms with Gasteiger partial charge in [-0.15, -0.1) is 0 Å². The number of hydrogen-bond acceptors (Lipinski definition) is 5. The minimum Gasteiger partial charge on any atom is -0.504 e. The van der Waals surface area contributed by atoms with E-state index in [-0.39, 0.29) is 17.5 Å². The minimum atomic E-state index is -0.230. The zero-order valence-corrected chi connectivity index (χ0v) is 9.77. The van der Waals surface area contributed by atoms with Crippen molar-refractivity contribution < 1.29 is 19.7 Å². The van der Waals surface area contributed by atoms with Gasteiger partial charge >= 0.3 is 5.97 Å². The Kier molecular flexibility index (Phi) is 5.29. The number of methoxy groups -OCH3 is 1. The Morgan fingerprint density at radius 1 is 1.41 bits per heavy atom. The molecule has 0 saturated carbocycles. The molecule has 0 heterocycles. The van der Waals surface area contributed by atoms with Crippen LogP contribution in [0.3, 0.4) is 0 Å². The van der Waals surface area contributed by atoms with Gasteiger partial charge in [0.2, 0.25) is 0 Å².